The zero-order valence-electron chi connectivity index (χ0n) is 23.5. The molecule has 0 aliphatic carbocycles. The van der Waals surface area contributed by atoms with Gasteiger partial charge in [0.1, 0.15) is 24.2 Å². The predicted molar refractivity (Wildman–Crippen MR) is 160 cm³/mol. The van der Waals surface area contributed by atoms with Crippen molar-refractivity contribution in [2.75, 3.05) is 68.3 Å². The third-order valence-corrected chi connectivity index (χ3v) is 9.44. The van der Waals surface area contributed by atoms with Gasteiger partial charge < -0.3 is 29.3 Å². The van der Waals surface area contributed by atoms with Gasteiger partial charge in [0, 0.05) is 62.7 Å². The number of hydrogen-bond donors (Lipinski definition) is 1. The van der Waals surface area contributed by atoms with Crippen LogP contribution in [0.15, 0.2) is 48.7 Å². The standard InChI is InChI=1S/C29H38N7O2P.H2/c1-29(2)17-24-23(19-38-29)22-18-30-28(31-20-9-11-21(12-10-20)35-15-13-34(3)14-16-35)33-27(22)36(24)25-7-6-8-26(32-25)39(4,5)37;/h6-12,18,23-24H,13-17,19H2,1-5H3,(H,30,31,33);1H/t23?,24-;/m1./s1. The summed E-state index contributed by atoms with van der Waals surface area (Å²) >= 11 is 0. The molecule has 3 aromatic rings. The van der Waals surface area contributed by atoms with Gasteiger partial charge in [-0.2, -0.15) is 4.98 Å². The van der Waals surface area contributed by atoms with Crippen LogP contribution in [0.4, 0.5) is 29.0 Å². The first-order valence-electron chi connectivity index (χ1n) is 13.7. The van der Waals surface area contributed by atoms with Crippen molar-refractivity contribution in [3.05, 3.63) is 54.2 Å². The average Bonchev–Trinajstić information content (AvgIpc) is 3.20. The summed E-state index contributed by atoms with van der Waals surface area (Å²) in [5, 5.41) is 3.40. The zero-order valence-corrected chi connectivity index (χ0v) is 24.4. The summed E-state index contributed by atoms with van der Waals surface area (Å²) in [5.41, 5.74) is 3.61. The number of aromatic nitrogens is 3. The minimum absolute atomic E-state index is 0. The van der Waals surface area contributed by atoms with Crippen LogP contribution >= 0.6 is 7.14 Å². The van der Waals surface area contributed by atoms with Crippen LogP contribution in [0.25, 0.3) is 0 Å². The number of likely N-dealkylation sites (N-methyl/N-ethyl adjacent to an activating group) is 1. The van der Waals surface area contributed by atoms with Crippen LogP contribution in [0.2, 0.25) is 0 Å². The van der Waals surface area contributed by atoms with Crippen molar-refractivity contribution in [2.24, 2.45) is 0 Å². The lowest BCUT2D eigenvalue weighted by atomic mass is 9.85. The zero-order chi connectivity index (χ0) is 27.4. The van der Waals surface area contributed by atoms with Gasteiger partial charge >= 0.3 is 0 Å². The van der Waals surface area contributed by atoms with Crippen molar-refractivity contribution in [3.63, 3.8) is 0 Å². The fourth-order valence-corrected chi connectivity index (χ4v) is 6.62. The lowest BCUT2D eigenvalue weighted by Gasteiger charge is -2.40. The highest BCUT2D eigenvalue weighted by atomic mass is 31.2. The fraction of sp³-hybridized carbons (Fsp3) is 0.483. The maximum Gasteiger partial charge on any atom is 0.229 e. The third-order valence-electron chi connectivity index (χ3n) is 8.08. The van der Waals surface area contributed by atoms with E-state index in [0.29, 0.717) is 18.0 Å². The van der Waals surface area contributed by atoms with Gasteiger partial charge in [0.05, 0.1) is 12.2 Å². The van der Waals surface area contributed by atoms with Gasteiger partial charge in [0.25, 0.3) is 0 Å². The van der Waals surface area contributed by atoms with Crippen LogP contribution in [0.1, 0.15) is 33.2 Å². The molecule has 2 aromatic heterocycles. The van der Waals surface area contributed by atoms with Gasteiger partial charge in [-0.3, -0.25) is 0 Å². The summed E-state index contributed by atoms with van der Waals surface area (Å²) in [5.74, 6) is 2.29. The van der Waals surface area contributed by atoms with Crippen LogP contribution in [-0.2, 0) is 9.30 Å². The van der Waals surface area contributed by atoms with Crippen molar-refractivity contribution in [3.8, 4) is 0 Å². The second-order valence-corrected chi connectivity index (χ2v) is 15.1. The molecule has 3 aliphatic rings. The second-order valence-electron chi connectivity index (χ2n) is 12.0. The van der Waals surface area contributed by atoms with E-state index in [4.69, 9.17) is 19.7 Å². The molecule has 0 saturated carbocycles. The van der Waals surface area contributed by atoms with E-state index in [1.54, 1.807) is 13.3 Å². The minimum Gasteiger partial charge on any atom is -0.375 e. The van der Waals surface area contributed by atoms with Gasteiger partial charge in [-0.1, -0.05) is 6.07 Å². The molecule has 3 aliphatic heterocycles. The molecular weight excluding hydrogens is 509 g/mol. The number of anilines is 5. The van der Waals surface area contributed by atoms with Crippen LogP contribution in [-0.4, -0.2) is 84.7 Å². The molecule has 1 aromatic carbocycles. The summed E-state index contributed by atoms with van der Waals surface area (Å²) < 4.78 is 19.1. The van der Waals surface area contributed by atoms with Crippen LogP contribution in [0, 0.1) is 0 Å². The molecule has 0 amide bonds. The number of fused-ring (bicyclic) bond motifs is 3. The molecule has 208 valence electrons. The summed E-state index contributed by atoms with van der Waals surface area (Å²) in [4.78, 5) is 21.6. The van der Waals surface area contributed by atoms with E-state index < -0.39 is 7.14 Å². The number of rotatable bonds is 5. The SMILES string of the molecule is CN1CCN(c2ccc(Nc3ncc4c(n3)N(c3cccc(P(C)(C)=O)n3)[C@@H]3CC(C)(C)OCC43)cc2)CC1.[HH]. The lowest BCUT2D eigenvalue weighted by Crippen LogP contribution is -2.45. The van der Waals surface area contributed by atoms with E-state index in [1.165, 1.54) is 5.69 Å². The number of nitrogens with zero attached hydrogens (tertiary/aromatic N) is 6. The molecule has 0 spiro atoms. The quantitative estimate of drug-likeness (QED) is 0.457. The largest absolute Gasteiger partial charge is 0.375 e. The van der Waals surface area contributed by atoms with Gasteiger partial charge in [-0.05, 0) is 77.0 Å². The Morgan fingerprint density at radius 3 is 2.51 bits per heavy atom. The van der Waals surface area contributed by atoms with Crippen molar-refractivity contribution in [2.45, 2.75) is 37.8 Å². The normalized spacial score (nSPS) is 22.9. The van der Waals surface area contributed by atoms with Gasteiger partial charge in [-0.15, -0.1) is 0 Å². The van der Waals surface area contributed by atoms with Crippen molar-refractivity contribution in [1.29, 1.82) is 0 Å². The minimum atomic E-state index is -2.52. The molecule has 10 heteroatoms. The smallest absolute Gasteiger partial charge is 0.229 e. The Balaban J connectivity index is 0.00000323. The summed E-state index contributed by atoms with van der Waals surface area (Å²) in [6, 6.07) is 14.4. The Morgan fingerprint density at radius 1 is 1.05 bits per heavy atom. The number of ether oxygens (including phenoxy) is 1. The van der Waals surface area contributed by atoms with Crippen molar-refractivity contribution in [1.82, 2.24) is 19.9 Å². The molecule has 0 radical (unpaired) electrons. The van der Waals surface area contributed by atoms with E-state index in [-0.39, 0.29) is 19.0 Å². The summed E-state index contributed by atoms with van der Waals surface area (Å²) in [7, 11) is -0.348. The molecular formula is C29H40N7O2P. The van der Waals surface area contributed by atoms with E-state index >= 15 is 0 Å². The van der Waals surface area contributed by atoms with Crippen LogP contribution < -0.4 is 20.6 Å². The summed E-state index contributed by atoms with van der Waals surface area (Å²) in [6.07, 6.45) is 2.75. The highest BCUT2D eigenvalue weighted by molar-refractivity contribution is 7.69. The van der Waals surface area contributed by atoms with Crippen LogP contribution in [0.5, 0.6) is 0 Å². The molecule has 6 rings (SSSR count). The monoisotopic (exact) mass is 549 g/mol. The van der Waals surface area contributed by atoms with Gasteiger partial charge in [-0.25, -0.2) is 9.97 Å². The first kappa shape index (κ1) is 26.2. The molecule has 1 unspecified atom stereocenters. The van der Waals surface area contributed by atoms with E-state index in [9.17, 15) is 4.57 Å². The highest BCUT2D eigenvalue weighted by Gasteiger charge is 2.48. The molecule has 2 fully saturated rings. The Bertz CT molecular complexity index is 1410. The molecule has 2 saturated heterocycles. The maximum absolute atomic E-state index is 12.9. The topological polar surface area (TPSA) is 86.7 Å². The maximum atomic E-state index is 12.9. The molecule has 5 heterocycles. The fourth-order valence-electron chi connectivity index (χ4n) is 5.83. The number of hydrogen-bond acceptors (Lipinski definition) is 9. The number of nitrogens with one attached hydrogen (secondary N) is 1. The first-order chi connectivity index (χ1) is 18.6. The average molecular weight is 550 g/mol. The first-order valence-corrected chi connectivity index (χ1v) is 16.3. The van der Waals surface area contributed by atoms with Gasteiger partial charge in [0.15, 0.2) is 0 Å². The van der Waals surface area contributed by atoms with E-state index in [2.05, 4.69) is 65.2 Å². The van der Waals surface area contributed by atoms with Crippen molar-refractivity contribution < 1.29 is 10.7 Å². The Labute approximate surface area is 232 Å². The molecule has 39 heavy (non-hydrogen) atoms. The summed E-state index contributed by atoms with van der Waals surface area (Å²) in [6.45, 7) is 12.6. The second kappa shape index (κ2) is 9.88. The Hall–Kier alpha value is -3.00. The Morgan fingerprint density at radius 2 is 1.79 bits per heavy atom. The predicted octanol–water partition coefficient (Wildman–Crippen LogP) is 4.66. The lowest BCUT2D eigenvalue weighted by molar-refractivity contribution is -0.0657. The van der Waals surface area contributed by atoms with Gasteiger partial charge in [0.2, 0.25) is 5.95 Å². The molecule has 9 nitrogen and oxygen atoms in total. The number of benzene rings is 1. The van der Waals surface area contributed by atoms with Crippen molar-refractivity contribution >= 4 is 41.5 Å². The Kier molecular flexibility index (Phi) is 6.64. The molecule has 1 N–H and O–H groups in total. The van der Waals surface area contributed by atoms with Crippen LogP contribution in [0.3, 0.4) is 0 Å². The van der Waals surface area contributed by atoms with E-state index in [0.717, 1.165) is 55.5 Å². The molecule has 2 atom stereocenters. The number of pyridine rings is 1. The third kappa shape index (κ3) is 5.28. The molecule has 0 bridgehead atoms. The van der Waals surface area contributed by atoms with E-state index in [1.807, 2.05) is 24.4 Å². The highest BCUT2D eigenvalue weighted by Crippen LogP contribution is 2.49. The number of piperazine rings is 1.